The molecule has 0 radical (unpaired) electrons. The van der Waals surface area contributed by atoms with Crippen molar-refractivity contribution >= 4 is 11.6 Å². The maximum absolute atomic E-state index is 11.4. The van der Waals surface area contributed by atoms with Crippen molar-refractivity contribution < 1.29 is 14.6 Å². The van der Waals surface area contributed by atoms with E-state index in [2.05, 4.69) is 22.0 Å². The first-order chi connectivity index (χ1) is 14.0. The van der Waals surface area contributed by atoms with Gasteiger partial charge in [0.05, 0.1) is 11.6 Å². The molecule has 0 bridgehead atoms. The number of aliphatic carboxylic acids is 1. The number of carboxylic acid groups (broad SMARTS) is 1. The van der Waals surface area contributed by atoms with Gasteiger partial charge in [0, 0.05) is 25.0 Å². The van der Waals surface area contributed by atoms with E-state index in [1.54, 1.807) is 0 Å². The second-order valence-electron chi connectivity index (χ2n) is 7.88. The lowest BCUT2D eigenvalue weighted by Gasteiger charge is -2.37. The number of nitrogens with zero attached hydrogens (tertiary/aromatic N) is 3. The van der Waals surface area contributed by atoms with Gasteiger partial charge < -0.3 is 14.2 Å². The highest BCUT2D eigenvalue weighted by atomic mass is 16.5. The molecule has 4 rings (SSSR count). The van der Waals surface area contributed by atoms with E-state index in [-0.39, 0.29) is 12.0 Å². The molecule has 1 aromatic carbocycles. The highest BCUT2D eigenvalue weighted by Crippen LogP contribution is 2.26. The van der Waals surface area contributed by atoms with E-state index in [4.69, 9.17) is 4.74 Å². The molecule has 3 aromatic rings. The highest BCUT2D eigenvalue weighted by Gasteiger charge is 2.32. The average Bonchev–Trinajstić information content (AvgIpc) is 3.13. The summed E-state index contributed by atoms with van der Waals surface area (Å²) in [4.78, 5) is 18.3. The SMILES string of the molecule is Cc1cccn2cc(COc3ccc(CN4CCC[C@@H](C(=O)O)[C@H]4C)cc3)nc12. The zero-order chi connectivity index (χ0) is 20.4. The van der Waals surface area contributed by atoms with Crippen molar-refractivity contribution in [1.82, 2.24) is 14.3 Å². The number of carbonyl (C=O) groups is 1. The molecule has 1 saturated heterocycles. The number of likely N-dealkylation sites (tertiary alicyclic amines) is 1. The lowest BCUT2D eigenvalue weighted by Crippen LogP contribution is -2.45. The van der Waals surface area contributed by atoms with Gasteiger partial charge in [-0.15, -0.1) is 0 Å². The Hall–Kier alpha value is -2.86. The quantitative estimate of drug-likeness (QED) is 0.688. The minimum atomic E-state index is -0.687. The van der Waals surface area contributed by atoms with Crippen molar-refractivity contribution in [2.24, 2.45) is 5.92 Å². The Kier molecular flexibility index (Phi) is 5.53. The lowest BCUT2D eigenvalue weighted by atomic mass is 9.90. The van der Waals surface area contributed by atoms with Crippen LogP contribution < -0.4 is 4.74 Å². The number of fused-ring (bicyclic) bond motifs is 1. The zero-order valence-corrected chi connectivity index (χ0v) is 16.9. The summed E-state index contributed by atoms with van der Waals surface area (Å²) in [7, 11) is 0. The molecule has 0 unspecified atom stereocenters. The molecule has 1 N–H and O–H groups in total. The van der Waals surface area contributed by atoms with Crippen molar-refractivity contribution in [3.05, 3.63) is 65.6 Å². The number of rotatable bonds is 6. The van der Waals surface area contributed by atoms with Gasteiger partial charge in [0.15, 0.2) is 0 Å². The number of piperidine rings is 1. The fourth-order valence-corrected chi connectivity index (χ4v) is 4.12. The smallest absolute Gasteiger partial charge is 0.308 e. The van der Waals surface area contributed by atoms with Crippen LogP contribution in [0.4, 0.5) is 0 Å². The fraction of sp³-hybridized carbons (Fsp3) is 0.391. The van der Waals surface area contributed by atoms with Crippen LogP contribution >= 0.6 is 0 Å². The molecule has 1 aliphatic heterocycles. The van der Waals surface area contributed by atoms with Gasteiger partial charge >= 0.3 is 5.97 Å². The Morgan fingerprint density at radius 3 is 2.79 bits per heavy atom. The van der Waals surface area contributed by atoms with Crippen molar-refractivity contribution in [2.45, 2.75) is 45.9 Å². The van der Waals surface area contributed by atoms with Gasteiger partial charge in [-0.3, -0.25) is 9.69 Å². The van der Waals surface area contributed by atoms with Crippen molar-refractivity contribution in [2.75, 3.05) is 6.54 Å². The molecule has 6 heteroatoms. The second kappa shape index (κ2) is 8.25. The molecule has 0 saturated carbocycles. The predicted molar refractivity (Wildman–Crippen MR) is 111 cm³/mol. The maximum Gasteiger partial charge on any atom is 0.308 e. The molecule has 0 aliphatic carbocycles. The minimum Gasteiger partial charge on any atom is -0.487 e. The largest absolute Gasteiger partial charge is 0.487 e. The first-order valence-corrected chi connectivity index (χ1v) is 10.1. The number of benzene rings is 1. The van der Waals surface area contributed by atoms with Crippen LogP contribution in [0.2, 0.25) is 0 Å². The summed E-state index contributed by atoms with van der Waals surface area (Å²) in [5.41, 5.74) is 4.15. The first kappa shape index (κ1) is 19.5. The average molecular weight is 393 g/mol. The second-order valence-corrected chi connectivity index (χ2v) is 7.88. The normalized spacial score (nSPS) is 20.1. The van der Waals surface area contributed by atoms with Crippen LogP contribution in [0.3, 0.4) is 0 Å². The third kappa shape index (κ3) is 4.27. The van der Waals surface area contributed by atoms with E-state index < -0.39 is 5.97 Å². The molecule has 6 nitrogen and oxygen atoms in total. The number of imidazole rings is 1. The van der Waals surface area contributed by atoms with Crippen LogP contribution in [-0.2, 0) is 17.9 Å². The summed E-state index contributed by atoms with van der Waals surface area (Å²) >= 11 is 0. The topological polar surface area (TPSA) is 67.1 Å². The Morgan fingerprint density at radius 1 is 1.28 bits per heavy atom. The summed E-state index contributed by atoms with van der Waals surface area (Å²) in [6, 6.07) is 12.2. The van der Waals surface area contributed by atoms with Crippen LogP contribution in [0.15, 0.2) is 48.8 Å². The number of aromatic nitrogens is 2. The summed E-state index contributed by atoms with van der Waals surface area (Å²) in [6.07, 6.45) is 5.68. The van der Waals surface area contributed by atoms with Gasteiger partial charge in [0.2, 0.25) is 0 Å². The molecular formula is C23H27N3O3. The minimum absolute atomic E-state index is 0.0516. The van der Waals surface area contributed by atoms with Gasteiger partial charge in [-0.25, -0.2) is 4.98 Å². The molecular weight excluding hydrogens is 366 g/mol. The number of carboxylic acids is 1. The van der Waals surface area contributed by atoms with Crippen molar-refractivity contribution in [3.63, 3.8) is 0 Å². The molecule has 2 atom stereocenters. The number of ether oxygens (including phenoxy) is 1. The third-order valence-corrected chi connectivity index (χ3v) is 5.86. The number of hydrogen-bond acceptors (Lipinski definition) is 4. The van der Waals surface area contributed by atoms with Crippen molar-refractivity contribution in [1.29, 1.82) is 0 Å². The Bertz CT molecular complexity index is 996. The summed E-state index contributed by atoms with van der Waals surface area (Å²) in [6.45, 7) is 6.19. The first-order valence-electron chi connectivity index (χ1n) is 10.1. The molecule has 1 aliphatic rings. The molecule has 3 heterocycles. The van der Waals surface area contributed by atoms with E-state index in [0.29, 0.717) is 6.61 Å². The molecule has 29 heavy (non-hydrogen) atoms. The van der Waals surface area contributed by atoms with Crippen LogP contribution in [-0.4, -0.2) is 37.9 Å². The monoisotopic (exact) mass is 393 g/mol. The van der Waals surface area contributed by atoms with Crippen LogP contribution in [0, 0.1) is 12.8 Å². The van der Waals surface area contributed by atoms with E-state index in [1.807, 2.05) is 54.9 Å². The Morgan fingerprint density at radius 2 is 2.07 bits per heavy atom. The van der Waals surface area contributed by atoms with Gasteiger partial charge in [-0.2, -0.15) is 0 Å². The molecule has 152 valence electrons. The number of hydrogen-bond donors (Lipinski definition) is 1. The molecule has 0 spiro atoms. The standard InChI is InChI=1S/C23H27N3O3/c1-16-5-3-12-26-14-19(24-22(16)26)15-29-20-9-7-18(8-10-20)13-25-11-4-6-21(17(25)2)23(27)28/h3,5,7-10,12,14,17,21H,4,6,11,13,15H2,1-2H3,(H,27,28)/t17-,21-/m1/s1. The third-order valence-electron chi connectivity index (χ3n) is 5.86. The zero-order valence-electron chi connectivity index (χ0n) is 16.9. The van der Waals surface area contributed by atoms with E-state index in [9.17, 15) is 9.90 Å². The molecule has 2 aromatic heterocycles. The number of pyridine rings is 1. The summed E-state index contributed by atoms with van der Waals surface area (Å²) in [5.74, 6) is -0.161. The van der Waals surface area contributed by atoms with Crippen LogP contribution in [0.1, 0.15) is 36.6 Å². The summed E-state index contributed by atoms with van der Waals surface area (Å²) in [5, 5.41) is 9.39. The Balaban J connectivity index is 1.36. The fourth-order valence-electron chi connectivity index (χ4n) is 4.12. The van der Waals surface area contributed by atoms with Gasteiger partial charge in [0.25, 0.3) is 0 Å². The molecule has 0 amide bonds. The maximum atomic E-state index is 11.4. The Labute approximate surface area is 170 Å². The highest BCUT2D eigenvalue weighted by molar-refractivity contribution is 5.71. The van der Waals surface area contributed by atoms with E-state index >= 15 is 0 Å². The van der Waals surface area contributed by atoms with Gasteiger partial charge in [-0.1, -0.05) is 18.2 Å². The van der Waals surface area contributed by atoms with Crippen LogP contribution in [0.25, 0.3) is 5.65 Å². The van der Waals surface area contributed by atoms with Crippen molar-refractivity contribution in [3.8, 4) is 5.75 Å². The molecule has 1 fully saturated rings. The van der Waals surface area contributed by atoms with Gasteiger partial charge in [0.1, 0.15) is 18.0 Å². The van der Waals surface area contributed by atoms with Gasteiger partial charge in [-0.05, 0) is 62.6 Å². The lowest BCUT2D eigenvalue weighted by molar-refractivity contribution is -0.145. The summed E-state index contributed by atoms with van der Waals surface area (Å²) < 4.78 is 7.92. The van der Waals surface area contributed by atoms with Crippen LogP contribution in [0.5, 0.6) is 5.75 Å². The van der Waals surface area contributed by atoms with E-state index in [1.165, 1.54) is 5.56 Å². The predicted octanol–water partition coefficient (Wildman–Crippen LogP) is 3.91. The number of aryl methyl sites for hydroxylation is 1. The van der Waals surface area contributed by atoms with E-state index in [0.717, 1.165) is 48.6 Å².